The molecule has 0 unspecified atom stereocenters. The van der Waals surface area contributed by atoms with Crippen LogP contribution in [0.25, 0.3) is 11.3 Å². The Morgan fingerprint density at radius 2 is 1.60 bits per heavy atom. The number of hydrogen-bond donors (Lipinski definition) is 0. The van der Waals surface area contributed by atoms with Crippen LogP contribution >= 0.6 is 0 Å². The van der Waals surface area contributed by atoms with Gasteiger partial charge in [0.25, 0.3) is 0 Å². The van der Waals surface area contributed by atoms with Crippen molar-refractivity contribution in [2.45, 2.75) is 77.6 Å². The molecular formula is C25H34F2N2O. The summed E-state index contributed by atoms with van der Waals surface area (Å²) in [5, 5.41) is 7.76. The minimum atomic E-state index is -0.845. The van der Waals surface area contributed by atoms with Crippen LogP contribution in [0.4, 0.5) is 8.78 Å². The van der Waals surface area contributed by atoms with Gasteiger partial charge >= 0.3 is 0 Å². The first-order chi connectivity index (χ1) is 14.6. The van der Waals surface area contributed by atoms with Crippen LogP contribution in [0.3, 0.4) is 0 Å². The zero-order valence-corrected chi connectivity index (χ0v) is 18.3. The normalized spacial score (nSPS) is 19.1. The third-order valence-electron chi connectivity index (χ3n) is 6.54. The summed E-state index contributed by atoms with van der Waals surface area (Å²) < 4.78 is 34.3. The molecule has 0 N–H and O–H groups in total. The minimum absolute atomic E-state index is 0.134. The molecule has 3 rings (SSSR count). The van der Waals surface area contributed by atoms with E-state index < -0.39 is 11.6 Å². The van der Waals surface area contributed by atoms with Crippen LogP contribution < -0.4 is 4.74 Å². The Kier molecular flexibility index (Phi) is 8.59. The third kappa shape index (κ3) is 5.99. The molecule has 0 spiro atoms. The van der Waals surface area contributed by atoms with Crippen molar-refractivity contribution in [3.8, 4) is 17.1 Å². The molecule has 0 saturated heterocycles. The predicted molar refractivity (Wildman–Crippen MR) is 116 cm³/mol. The number of ether oxygens (including phenoxy) is 1. The Hall–Kier alpha value is -2.04. The molecule has 0 bridgehead atoms. The molecule has 1 aromatic carbocycles. The number of rotatable bonds is 10. The van der Waals surface area contributed by atoms with Crippen LogP contribution in [-0.4, -0.2) is 17.3 Å². The lowest BCUT2D eigenvalue weighted by Gasteiger charge is -2.28. The highest BCUT2D eigenvalue weighted by atomic mass is 19.2. The lowest BCUT2D eigenvalue weighted by Crippen LogP contribution is -2.15. The molecule has 2 aromatic rings. The van der Waals surface area contributed by atoms with Crippen molar-refractivity contribution in [2.24, 2.45) is 11.8 Å². The van der Waals surface area contributed by atoms with Crippen molar-refractivity contribution >= 4 is 0 Å². The lowest BCUT2D eigenvalue weighted by atomic mass is 9.77. The largest absolute Gasteiger partial charge is 0.480 e. The Morgan fingerprint density at radius 3 is 2.23 bits per heavy atom. The summed E-state index contributed by atoms with van der Waals surface area (Å²) in [5.41, 5.74) is 0.894. The maximum atomic E-state index is 14.7. The molecule has 0 amide bonds. The summed E-state index contributed by atoms with van der Waals surface area (Å²) in [6.45, 7) is 2.25. The summed E-state index contributed by atoms with van der Waals surface area (Å²) in [7, 11) is 1.48. The summed E-state index contributed by atoms with van der Waals surface area (Å²) in [4.78, 5) is 0. The number of unbranched alkanes of at least 4 members (excludes halogenated alkanes) is 3. The van der Waals surface area contributed by atoms with Gasteiger partial charge in [-0.2, -0.15) is 0 Å². The van der Waals surface area contributed by atoms with E-state index in [0.29, 0.717) is 29.5 Å². The second-order valence-corrected chi connectivity index (χ2v) is 8.64. The average Bonchev–Trinajstić information content (AvgIpc) is 2.79. The maximum absolute atomic E-state index is 14.7. The standard InChI is InChI=1S/C25H34F2N2O/c1-3-4-5-6-7-18-8-10-19(11-9-18)12-13-20-14-15-21(25(27)24(20)26)22-16-17-23(30-2)29-28-22/h14-19H,3-13H2,1-2H3. The lowest BCUT2D eigenvalue weighted by molar-refractivity contribution is 0.248. The Labute approximate surface area is 179 Å². The summed E-state index contributed by atoms with van der Waals surface area (Å²) in [6.07, 6.45) is 13.3. The average molecular weight is 417 g/mol. The molecule has 1 aromatic heterocycles. The first kappa shape index (κ1) is 22.6. The van der Waals surface area contributed by atoms with Gasteiger partial charge in [-0.1, -0.05) is 70.8 Å². The van der Waals surface area contributed by atoms with Gasteiger partial charge in [-0.25, -0.2) is 8.78 Å². The predicted octanol–water partition coefficient (Wildman–Crippen LogP) is 7.14. The molecule has 1 aliphatic rings. The molecule has 0 radical (unpaired) electrons. The van der Waals surface area contributed by atoms with E-state index in [9.17, 15) is 8.78 Å². The van der Waals surface area contributed by atoms with Crippen LogP contribution in [0.1, 0.15) is 76.7 Å². The number of halogens is 2. The summed E-state index contributed by atoms with van der Waals surface area (Å²) in [5.74, 6) is 0.244. The van der Waals surface area contributed by atoms with E-state index in [-0.39, 0.29) is 5.56 Å². The van der Waals surface area contributed by atoms with Crippen LogP contribution in [0.5, 0.6) is 5.88 Å². The third-order valence-corrected chi connectivity index (χ3v) is 6.54. The Balaban J connectivity index is 1.51. The number of aromatic nitrogens is 2. The quantitative estimate of drug-likeness (QED) is 0.386. The SMILES string of the molecule is CCCCCCC1CCC(CCc2ccc(-c3ccc(OC)nn3)c(F)c2F)CC1. The van der Waals surface area contributed by atoms with Gasteiger partial charge in [0.1, 0.15) is 0 Å². The van der Waals surface area contributed by atoms with Gasteiger partial charge in [0.05, 0.1) is 12.8 Å². The van der Waals surface area contributed by atoms with Gasteiger partial charge in [0, 0.05) is 11.6 Å². The Morgan fingerprint density at radius 1 is 0.867 bits per heavy atom. The molecule has 30 heavy (non-hydrogen) atoms. The van der Waals surface area contributed by atoms with E-state index in [0.717, 1.165) is 12.3 Å². The monoisotopic (exact) mass is 416 g/mol. The second kappa shape index (κ2) is 11.4. The van der Waals surface area contributed by atoms with Crippen molar-refractivity contribution in [2.75, 3.05) is 7.11 Å². The molecule has 0 atom stereocenters. The van der Waals surface area contributed by atoms with Crippen molar-refractivity contribution < 1.29 is 13.5 Å². The second-order valence-electron chi connectivity index (χ2n) is 8.64. The number of nitrogens with zero attached hydrogens (tertiary/aromatic N) is 2. The molecule has 1 fully saturated rings. The van der Waals surface area contributed by atoms with E-state index in [1.54, 1.807) is 24.3 Å². The molecule has 3 nitrogen and oxygen atoms in total. The summed E-state index contributed by atoms with van der Waals surface area (Å²) >= 11 is 0. The molecule has 164 valence electrons. The van der Waals surface area contributed by atoms with E-state index in [1.807, 2.05) is 0 Å². The van der Waals surface area contributed by atoms with Crippen LogP contribution in [0, 0.1) is 23.5 Å². The summed E-state index contributed by atoms with van der Waals surface area (Å²) in [6, 6.07) is 6.48. The number of benzene rings is 1. The Bertz CT molecular complexity index is 786. The van der Waals surface area contributed by atoms with E-state index in [2.05, 4.69) is 17.1 Å². The highest BCUT2D eigenvalue weighted by Gasteiger charge is 2.22. The van der Waals surface area contributed by atoms with Crippen LogP contribution in [-0.2, 0) is 6.42 Å². The fourth-order valence-corrected chi connectivity index (χ4v) is 4.58. The number of methoxy groups -OCH3 is 1. The van der Waals surface area contributed by atoms with Gasteiger partial charge < -0.3 is 4.74 Å². The van der Waals surface area contributed by atoms with Gasteiger partial charge in [-0.15, -0.1) is 10.2 Å². The number of hydrogen-bond acceptors (Lipinski definition) is 3. The molecule has 1 saturated carbocycles. The van der Waals surface area contributed by atoms with Gasteiger partial charge in [-0.3, -0.25) is 0 Å². The fraction of sp³-hybridized carbons (Fsp3) is 0.600. The van der Waals surface area contributed by atoms with Crippen LogP contribution in [0.15, 0.2) is 24.3 Å². The molecule has 1 aliphatic carbocycles. The zero-order chi connectivity index (χ0) is 21.3. The van der Waals surface area contributed by atoms with Gasteiger partial charge in [0.2, 0.25) is 5.88 Å². The van der Waals surface area contributed by atoms with Gasteiger partial charge in [0.15, 0.2) is 11.6 Å². The number of aryl methyl sites for hydroxylation is 1. The molecule has 0 aliphatic heterocycles. The maximum Gasteiger partial charge on any atom is 0.233 e. The highest BCUT2D eigenvalue weighted by molar-refractivity contribution is 5.60. The van der Waals surface area contributed by atoms with Crippen molar-refractivity contribution in [3.63, 3.8) is 0 Å². The van der Waals surface area contributed by atoms with Crippen molar-refractivity contribution in [3.05, 3.63) is 41.5 Å². The van der Waals surface area contributed by atoms with E-state index in [1.165, 1.54) is 64.9 Å². The molecular weight excluding hydrogens is 382 g/mol. The smallest absolute Gasteiger partial charge is 0.233 e. The first-order valence-electron chi connectivity index (χ1n) is 11.5. The van der Waals surface area contributed by atoms with Crippen molar-refractivity contribution in [1.82, 2.24) is 10.2 Å². The minimum Gasteiger partial charge on any atom is -0.480 e. The zero-order valence-electron chi connectivity index (χ0n) is 18.3. The van der Waals surface area contributed by atoms with E-state index in [4.69, 9.17) is 4.74 Å². The topological polar surface area (TPSA) is 35.0 Å². The molecule has 5 heteroatoms. The first-order valence-corrected chi connectivity index (χ1v) is 11.5. The fourth-order valence-electron chi connectivity index (χ4n) is 4.58. The van der Waals surface area contributed by atoms with Crippen LogP contribution in [0.2, 0.25) is 0 Å². The van der Waals surface area contributed by atoms with Gasteiger partial charge in [-0.05, 0) is 42.4 Å². The van der Waals surface area contributed by atoms with E-state index >= 15 is 0 Å². The van der Waals surface area contributed by atoms with Crippen molar-refractivity contribution in [1.29, 1.82) is 0 Å². The highest BCUT2D eigenvalue weighted by Crippen LogP contribution is 2.35. The molecule has 1 heterocycles.